The molecule has 1 N–H and O–H groups in total. The lowest BCUT2D eigenvalue weighted by Crippen LogP contribution is -2.06. The summed E-state index contributed by atoms with van der Waals surface area (Å²) in [5.41, 5.74) is 0.781. The van der Waals surface area contributed by atoms with Crippen LogP contribution in [0.4, 0.5) is 13.2 Å². The summed E-state index contributed by atoms with van der Waals surface area (Å²) in [6.45, 7) is 0. The zero-order valence-electron chi connectivity index (χ0n) is 9.98. The van der Waals surface area contributed by atoms with Crippen molar-refractivity contribution < 1.29 is 13.2 Å². The van der Waals surface area contributed by atoms with Gasteiger partial charge in [-0.15, -0.1) is 0 Å². The molecule has 3 rings (SSSR count). The van der Waals surface area contributed by atoms with E-state index >= 15 is 0 Å². The minimum absolute atomic E-state index is 0.304. The molecule has 0 fully saturated rings. The van der Waals surface area contributed by atoms with Gasteiger partial charge < -0.3 is 4.98 Å². The van der Waals surface area contributed by atoms with Crippen molar-refractivity contribution in [3.05, 3.63) is 52.9 Å². The van der Waals surface area contributed by atoms with E-state index in [1.165, 1.54) is 10.6 Å². The molecule has 0 bridgehead atoms. The van der Waals surface area contributed by atoms with Gasteiger partial charge in [0.2, 0.25) is 0 Å². The number of fused-ring (bicyclic) bond motifs is 1. The molecule has 0 aliphatic rings. The second kappa shape index (κ2) is 4.45. The molecule has 0 radical (unpaired) electrons. The Morgan fingerprint density at radius 2 is 1.95 bits per heavy atom. The zero-order chi connectivity index (χ0) is 14.3. The van der Waals surface area contributed by atoms with Gasteiger partial charge in [-0.1, -0.05) is 6.07 Å². The van der Waals surface area contributed by atoms with Crippen LogP contribution in [0.25, 0.3) is 16.9 Å². The lowest BCUT2D eigenvalue weighted by molar-refractivity contribution is -0.137. The molecule has 0 spiro atoms. The maximum absolute atomic E-state index is 12.8. The standard InChI is InChI=1S/C13H8F3N3S/c14-13(15,16)8-3-1-4-9(7-8)19-11-10(18-12(19)20)5-2-6-17-11/h1-7H,(H,18,20). The van der Waals surface area contributed by atoms with Crippen molar-refractivity contribution in [2.45, 2.75) is 6.18 Å². The molecule has 3 nitrogen and oxygen atoms in total. The first kappa shape index (κ1) is 12.9. The van der Waals surface area contributed by atoms with Gasteiger partial charge in [0.15, 0.2) is 10.4 Å². The fraction of sp³-hybridized carbons (Fsp3) is 0.0769. The Morgan fingerprint density at radius 3 is 2.70 bits per heavy atom. The van der Waals surface area contributed by atoms with Crippen LogP contribution < -0.4 is 0 Å². The normalized spacial score (nSPS) is 11.9. The molecule has 0 aliphatic carbocycles. The number of hydrogen-bond acceptors (Lipinski definition) is 2. The summed E-state index contributed by atoms with van der Waals surface area (Å²) in [6, 6.07) is 8.48. The molecular formula is C13H8F3N3S. The molecular weight excluding hydrogens is 287 g/mol. The summed E-state index contributed by atoms with van der Waals surface area (Å²) in [5, 5.41) is 0. The number of nitrogens with one attached hydrogen (secondary N) is 1. The number of imidazole rings is 1. The van der Waals surface area contributed by atoms with Crippen LogP contribution in [0.5, 0.6) is 0 Å². The predicted molar refractivity (Wildman–Crippen MR) is 71.3 cm³/mol. The third-order valence-electron chi connectivity index (χ3n) is 2.87. The Kier molecular flexibility index (Phi) is 2.86. The first-order valence-corrected chi connectivity index (χ1v) is 6.11. The van der Waals surface area contributed by atoms with Crippen molar-refractivity contribution in [1.82, 2.24) is 14.5 Å². The number of pyridine rings is 1. The summed E-state index contributed by atoms with van der Waals surface area (Å²) in [6.07, 6.45) is -2.83. The van der Waals surface area contributed by atoms with Gasteiger partial charge in [0.1, 0.15) is 0 Å². The summed E-state index contributed by atoms with van der Waals surface area (Å²) in [4.78, 5) is 7.07. The van der Waals surface area contributed by atoms with Gasteiger partial charge in [-0.05, 0) is 42.5 Å². The quantitative estimate of drug-likeness (QED) is 0.686. The highest BCUT2D eigenvalue weighted by Crippen LogP contribution is 2.30. The lowest BCUT2D eigenvalue weighted by atomic mass is 10.2. The lowest BCUT2D eigenvalue weighted by Gasteiger charge is -2.09. The Labute approximate surface area is 116 Å². The summed E-state index contributed by atoms with van der Waals surface area (Å²) in [5.74, 6) is 0. The summed E-state index contributed by atoms with van der Waals surface area (Å²) in [7, 11) is 0. The summed E-state index contributed by atoms with van der Waals surface area (Å²) >= 11 is 5.16. The van der Waals surface area contributed by atoms with Crippen molar-refractivity contribution in [2.75, 3.05) is 0 Å². The van der Waals surface area contributed by atoms with E-state index in [0.29, 0.717) is 21.6 Å². The fourth-order valence-electron chi connectivity index (χ4n) is 2.00. The molecule has 7 heteroatoms. The molecule has 0 saturated heterocycles. The number of halogens is 3. The van der Waals surface area contributed by atoms with E-state index in [9.17, 15) is 13.2 Å². The Balaban J connectivity index is 2.26. The Bertz CT molecular complexity index is 832. The van der Waals surface area contributed by atoms with Gasteiger partial charge in [-0.3, -0.25) is 4.57 Å². The molecule has 102 valence electrons. The second-order valence-corrected chi connectivity index (χ2v) is 4.57. The monoisotopic (exact) mass is 295 g/mol. The minimum atomic E-state index is -4.39. The Hall–Kier alpha value is -2.15. The smallest absolute Gasteiger partial charge is 0.329 e. The average molecular weight is 295 g/mol. The first-order chi connectivity index (χ1) is 9.47. The van der Waals surface area contributed by atoms with Gasteiger partial charge in [0.05, 0.1) is 16.8 Å². The van der Waals surface area contributed by atoms with Crippen LogP contribution in [0.1, 0.15) is 5.56 Å². The van der Waals surface area contributed by atoms with Crippen LogP contribution in [0.15, 0.2) is 42.6 Å². The number of aromatic amines is 1. The van der Waals surface area contributed by atoms with Crippen molar-refractivity contribution in [3.8, 4) is 5.69 Å². The van der Waals surface area contributed by atoms with Crippen LogP contribution in [0, 0.1) is 4.77 Å². The highest BCUT2D eigenvalue weighted by Gasteiger charge is 2.30. The topological polar surface area (TPSA) is 33.6 Å². The molecule has 1 aromatic carbocycles. The zero-order valence-corrected chi connectivity index (χ0v) is 10.8. The van der Waals surface area contributed by atoms with Gasteiger partial charge in [0.25, 0.3) is 0 Å². The van der Waals surface area contributed by atoms with E-state index in [2.05, 4.69) is 9.97 Å². The Morgan fingerprint density at radius 1 is 1.15 bits per heavy atom. The number of nitrogens with zero attached hydrogens (tertiary/aromatic N) is 2. The fourth-order valence-corrected chi connectivity index (χ4v) is 2.30. The highest BCUT2D eigenvalue weighted by molar-refractivity contribution is 7.71. The third-order valence-corrected chi connectivity index (χ3v) is 3.16. The molecule has 3 aromatic rings. The van der Waals surface area contributed by atoms with E-state index < -0.39 is 11.7 Å². The van der Waals surface area contributed by atoms with E-state index in [4.69, 9.17) is 12.2 Å². The number of aromatic nitrogens is 3. The SMILES string of the molecule is FC(F)(F)c1cccc(-n2c(=S)[nH]c3cccnc32)c1. The van der Waals surface area contributed by atoms with Crippen molar-refractivity contribution >= 4 is 23.4 Å². The molecule has 2 aromatic heterocycles. The number of benzene rings is 1. The minimum Gasteiger partial charge on any atom is -0.329 e. The van der Waals surface area contributed by atoms with Gasteiger partial charge in [-0.25, -0.2) is 4.98 Å². The largest absolute Gasteiger partial charge is 0.416 e. The van der Waals surface area contributed by atoms with Gasteiger partial charge >= 0.3 is 6.18 Å². The number of rotatable bonds is 1. The van der Waals surface area contributed by atoms with E-state index in [1.807, 2.05) is 0 Å². The molecule has 0 unspecified atom stereocenters. The van der Waals surface area contributed by atoms with Crippen LogP contribution in [0.3, 0.4) is 0 Å². The summed E-state index contributed by atoms with van der Waals surface area (Å²) < 4.78 is 40.1. The van der Waals surface area contributed by atoms with Crippen molar-refractivity contribution in [2.24, 2.45) is 0 Å². The average Bonchev–Trinajstić information content (AvgIpc) is 2.73. The van der Waals surface area contributed by atoms with Crippen LogP contribution >= 0.6 is 12.2 Å². The molecule has 0 atom stereocenters. The van der Waals surface area contributed by atoms with Crippen LogP contribution in [-0.4, -0.2) is 14.5 Å². The van der Waals surface area contributed by atoms with Crippen LogP contribution in [0.2, 0.25) is 0 Å². The van der Waals surface area contributed by atoms with E-state index in [-0.39, 0.29) is 0 Å². The third kappa shape index (κ3) is 2.09. The predicted octanol–water partition coefficient (Wildman–Crippen LogP) is 4.10. The van der Waals surface area contributed by atoms with E-state index in [0.717, 1.165) is 12.1 Å². The maximum Gasteiger partial charge on any atom is 0.416 e. The van der Waals surface area contributed by atoms with Crippen molar-refractivity contribution in [3.63, 3.8) is 0 Å². The number of alkyl halides is 3. The number of H-pyrrole nitrogens is 1. The van der Waals surface area contributed by atoms with Crippen molar-refractivity contribution in [1.29, 1.82) is 0 Å². The van der Waals surface area contributed by atoms with Crippen LogP contribution in [-0.2, 0) is 6.18 Å². The first-order valence-electron chi connectivity index (χ1n) is 5.70. The highest BCUT2D eigenvalue weighted by atomic mass is 32.1. The van der Waals surface area contributed by atoms with Gasteiger partial charge in [-0.2, -0.15) is 13.2 Å². The maximum atomic E-state index is 12.8. The molecule has 0 aliphatic heterocycles. The molecule has 2 heterocycles. The molecule has 0 amide bonds. The second-order valence-electron chi connectivity index (χ2n) is 4.19. The number of hydrogen-bond donors (Lipinski definition) is 1. The molecule has 20 heavy (non-hydrogen) atoms. The van der Waals surface area contributed by atoms with E-state index in [1.54, 1.807) is 24.4 Å². The molecule has 0 saturated carbocycles. The van der Waals surface area contributed by atoms with Gasteiger partial charge in [0, 0.05) is 6.20 Å².